The number of aliphatic hydroxyl groups excluding tert-OH is 1. The summed E-state index contributed by atoms with van der Waals surface area (Å²) in [5.74, 6) is -3.20. The minimum atomic E-state index is -4.34. The number of alkyl halides is 5. The van der Waals surface area contributed by atoms with Crippen LogP contribution in [0.5, 0.6) is 0 Å². The molecule has 0 aliphatic carbocycles. The van der Waals surface area contributed by atoms with Crippen LogP contribution < -0.4 is 5.32 Å². The minimum absolute atomic E-state index is 0.0388. The SMILES string of the molecule is OCC(F)(F)CNCc1ccc(SC(F)(F)F)cc1. The topological polar surface area (TPSA) is 32.3 Å². The normalized spacial score (nSPS) is 12.7. The van der Waals surface area contributed by atoms with Crippen LogP contribution in [0.15, 0.2) is 29.2 Å². The molecule has 2 nitrogen and oxygen atoms in total. The summed E-state index contributed by atoms with van der Waals surface area (Å²) < 4.78 is 61.5. The van der Waals surface area contributed by atoms with Crippen LogP contribution in [0, 0.1) is 0 Å². The van der Waals surface area contributed by atoms with E-state index in [1.807, 2.05) is 0 Å². The molecule has 108 valence electrons. The molecular weight excluding hydrogens is 289 g/mol. The fourth-order valence-corrected chi connectivity index (χ4v) is 1.79. The largest absolute Gasteiger partial charge is 0.446 e. The van der Waals surface area contributed by atoms with Gasteiger partial charge in [0.15, 0.2) is 0 Å². The van der Waals surface area contributed by atoms with Gasteiger partial charge in [-0.3, -0.25) is 0 Å². The van der Waals surface area contributed by atoms with Gasteiger partial charge in [0.2, 0.25) is 0 Å². The van der Waals surface area contributed by atoms with Crippen molar-refractivity contribution in [3.8, 4) is 0 Å². The van der Waals surface area contributed by atoms with Gasteiger partial charge in [-0.2, -0.15) is 13.2 Å². The summed E-state index contributed by atoms with van der Waals surface area (Å²) in [4.78, 5) is 0.0388. The number of benzene rings is 1. The molecule has 0 spiro atoms. The van der Waals surface area contributed by atoms with Crippen molar-refractivity contribution < 1.29 is 27.1 Å². The fraction of sp³-hybridized carbons (Fsp3) is 0.455. The van der Waals surface area contributed by atoms with Crippen molar-refractivity contribution in [2.45, 2.75) is 22.9 Å². The van der Waals surface area contributed by atoms with E-state index in [0.717, 1.165) is 0 Å². The Bertz CT molecular complexity index is 393. The summed E-state index contributed by atoms with van der Waals surface area (Å²) >= 11 is -0.232. The number of thioether (sulfide) groups is 1. The third-order valence-corrected chi connectivity index (χ3v) is 2.84. The van der Waals surface area contributed by atoms with Crippen LogP contribution in [0.1, 0.15) is 5.56 Å². The van der Waals surface area contributed by atoms with E-state index in [1.54, 1.807) is 0 Å². The summed E-state index contributed by atoms with van der Waals surface area (Å²) in [5.41, 5.74) is -3.76. The van der Waals surface area contributed by atoms with Crippen molar-refractivity contribution in [1.29, 1.82) is 0 Å². The molecular formula is C11H12F5NOS. The monoisotopic (exact) mass is 301 g/mol. The Morgan fingerprint density at radius 2 is 1.63 bits per heavy atom. The second-order valence-corrected chi connectivity index (χ2v) is 4.95. The zero-order valence-corrected chi connectivity index (χ0v) is 10.5. The van der Waals surface area contributed by atoms with E-state index in [4.69, 9.17) is 5.11 Å². The van der Waals surface area contributed by atoms with E-state index in [0.29, 0.717) is 5.56 Å². The molecule has 2 N–H and O–H groups in total. The van der Waals surface area contributed by atoms with E-state index in [2.05, 4.69) is 5.32 Å². The molecule has 8 heteroatoms. The van der Waals surface area contributed by atoms with Gasteiger partial charge in [-0.15, -0.1) is 0 Å². The van der Waals surface area contributed by atoms with Gasteiger partial charge in [0.25, 0.3) is 5.92 Å². The lowest BCUT2D eigenvalue weighted by atomic mass is 10.2. The van der Waals surface area contributed by atoms with E-state index in [-0.39, 0.29) is 23.2 Å². The quantitative estimate of drug-likeness (QED) is 0.626. The van der Waals surface area contributed by atoms with Crippen LogP contribution in [0.3, 0.4) is 0 Å². The second-order valence-electron chi connectivity index (χ2n) is 3.81. The summed E-state index contributed by atoms with van der Waals surface area (Å²) in [7, 11) is 0. The lowest BCUT2D eigenvalue weighted by Crippen LogP contribution is -2.35. The molecule has 0 heterocycles. The molecule has 0 aliphatic rings. The maximum atomic E-state index is 12.7. The molecule has 0 saturated heterocycles. The van der Waals surface area contributed by atoms with Crippen LogP contribution in [-0.4, -0.2) is 29.7 Å². The smallest absolute Gasteiger partial charge is 0.390 e. The predicted molar refractivity (Wildman–Crippen MR) is 62.1 cm³/mol. The number of hydrogen-bond donors (Lipinski definition) is 2. The first-order valence-electron chi connectivity index (χ1n) is 5.26. The zero-order chi connectivity index (χ0) is 14.5. The minimum Gasteiger partial charge on any atom is -0.390 e. The van der Waals surface area contributed by atoms with Crippen molar-refractivity contribution in [2.75, 3.05) is 13.2 Å². The van der Waals surface area contributed by atoms with E-state index < -0.39 is 24.6 Å². The maximum Gasteiger partial charge on any atom is 0.446 e. The highest BCUT2D eigenvalue weighted by atomic mass is 32.2. The van der Waals surface area contributed by atoms with Crippen LogP contribution in [0.25, 0.3) is 0 Å². The van der Waals surface area contributed by atoms with Crippen molar-refractivity contribution in [1.82, 2.24) is 5.32 Å². The van der Waals surface area contributed by atoms with Crippen molar-refractivity contribution >= 4 is 11.8 Å². The number of nitrogens with one attached hydrogen (secondary N) is 1. The average molecular weight is 301 g/mol. The molecule has 0 saturated carbocycles. The summed E-state index contributed by atoms with van der Waals surface area (Å²) in [6, 6.07) is 5.41. The molecule has 0 unspecified atom stereocenters. The molecule has 1 rings (SSSR count). The highest BCUT2D eigenvalue weighted by Gasteiger charge is 2.29. The van der Waals surface area contributed by atoms with Gasteiger partial charge in [-0.1, -0.05) is 12.1 Å². The van der Waals surface area contributed by atoms with Crippen LogP contribution in [-0.2, 0) is 6.54 Å². The lowest BCUT2D eigenvalue weighted by molar-refractivity contribution is -0.0477. The Balaban J connectivity index is 2.45. The summed E-state index contributed by atoms with van der Waals surface area (Å²) in [6.45, 7) is -1.85. The number of halogens is 5. The molecule has 1 aromatic carbocycles. The predicted octanol–water partition coefficient (Wildman–Crippen LogP) is 3.02. The molecule has 0 aromatic heterocycles. The van der Waals surface area contributed by atoms with E-state index >= 15 is 0 Å². The van der Waals surface area contributed by atoms with E-state index in [9.17, 15) is 22.0 Å². The molecule has 0 amide bonds. The Kier molecular flexibility index (Phi) is 5.57. The Morgan fingerprint density at radius 1 is 1.05 bits per heavy atom. The molecule has 0 fully saturated rings. The third kappa shape index (κ3) is 6.74. The highest BCUT2D eigenvalue weighted by Crippen LogP contribution is 2.36. The van der Waals surface area contributed by atoms with Crippen LogP contribution >= 0.6 is 11.8 Å². The van der Waals surface area contributed by atoms with Gasteiger partial charge in [-0.25, -0.2) is 8.78 Å². The van der Waals surface area contributed by atoms with Crippen molar-refractivity contribution in [2.24, 2.45) is 0 Å². The summed E-state index contributed by atoms with van der Waals surface area (Å²) in [5, 5.41) is 10.8. The summed E-state index contributed by atoms with van der Waals surface area (Å²) in [6.07, 6.45) is 0. The Labute approximate surface area is 111 Å². The van der Waals surface area contributed by atoms with Gasteiger partial charge in [-0.05, 0) is 29.5 Å². The lowest BCUT2D eigenvalue weighted by Gasteiger charge is -2.14. The average Bonchev–Trinajstić information content (AvgIpc) is 2.29. The Hall–Kier alpha value is -0.860. The van der Waals surface area contributed by atoms with Gasteiger partial charge >= 0.3 is 5.51 Å². The molecule has 19 heavy (non-hydrogen) atoms. The fourth-order valence-electron chi connectivity index (χ4n) is 1.25. The van der Waals surface area contributed by atoms with Gasteiger partial charge in [0, 0.05) is 11.4 Å². The zero-order valence-electron chi connectivity index (χ0n) is 9.68. The van der Waals surface area contributed by atoms with E-state index in [1.165, 1.54) is 24.3 Å². The maximum absolute atomic E-state index is 12.7. The van der Waals surface area contributed by atoms with Crippen LogP contribution in [0.4, 0.5) is 22.0 Å². The van der Waals surface area contributed by atoms with Gasteiger partial charge in [0.05, 0.1) is 6.54 Å². The number of aliphatic hydroxyl groups is 1. The second kappa shape index (κ2) is 6.53. The van der Waals surface area contributed by atoms with Gasteiger partial charge in [0.1, 0.15) is 6.61 Å². The molecule has 0 bridgehead atoms. The van der Waals surface area contributed by atoms with Crippen molar-refractivity contribution in [3.63, 3.8) is 0 Å². The third-order valence-electron chi connectivity index (χ3n) is 2.10. The standard InChI is InChI=1S/C11H12F5NOS/c12-10(13,7-18)6-17-5-8-1-3-9(4-2-8)19-11(14,15)16/h1-4,17-18H,5-7H2. The van der Waals surface area contributed by atoms with Crippen molar-refractivity contribution in [3.05, 3.63) is 29.8 Å². The molecule has 0 aliphatic heterocycles. The first kappa shape index (κ1) is 16.2. The highest BCUT2D eigenvalue weighted by molar-refractivity contribution is 8.00. The first-order chi connectivity index (χ1) is 8.72. The molecule has 0 radical (unpaired) electrons. The first-order valence-corrected chi connectivity index (χ1v) is 6.08. The Morgan fingerprint density at radius 3 is 2.11 bits per heavy atom. The molecule has 1 aromatic rings. The van der Waals surface area contributed by atoms with Gasteiger partial charge < -0.3 is 10.4 Å². The number of rotatable bonds is 6. The number of hydrogen-bond acceptors (Lipinski definition) is 3. The van der Waals surface area contributed by atoms with Crippen LogP contribution in [0.2, 0.25) is 0 Å². The molecule has 0 atom stereocenters.